The van der Waals surface area contributed by atoms with Gasteiger partial charge in [0.15, 0.2) is 0 Å². The summed E-state index contributed by atoms with van der Waals surface area (Å²) in [6.07, 6.45) is 1.68. The van der Waals surface area contributed by atoms with Crippen LogP contribution in [-0.2, 0) is 9.59 Å². The van der Waals surface area contributed by atoms with Crippen LogP contribution in [0.15, 0.2) is 0 Å². The fourth-order valence-corrected chi connectivity index (χ4v) is 1.80. The lowest BCUT2D eigenvalue weighted by atomic mass is 9.99. The van der Waals surface area contributed by atoms with Crippen molar-refractivity contribution in [1.82, 2.24) is 10.6 Å². The summed E-state index contributed by atoms with van der Waals surface area (Å²) in [5.41, 5.74) is 4.54. The maximum absolute atomic E-state index is 11.6. The second kappa shape index (κ2) is 5.24. The normalized spacial score (nSPS) is 16.8. The fourth-order valence-electron chi connectivity index (χ4n) is 1.80. The Kier molecular flexibility index (Phi) is 4.15. The van der Waals surface area contributed by atoms with E-state index in [4.69, 9.17) is 10.8 Å². The van der Waals surface area contributed by atoms with Gasteiger partial charge in [0.05, 0.1) is 6.42 Å². The highest BCUT2D eigenvalue weighted by Crippen LogP contribution is 2.39. The van der Waals surface area contributed by atoms with Crippen LogP contribution < -0.4 is 16.4 Å². The fraction of sp³-hybridized carbons (Fsp3) is 0.727. The number of carboxylic acids is 1. The number of nitrogens with two attached hydrogens (primary N) is 1. The number of carbonyl (C=O) groups excluding carboxylic acids is 2. The second-order valence-electron chi connectivity index (χ2n) is 5.16. The first-order valence-electron chi connectivity index (χ1n) is 5.82. The van der Waals surface area contributed by atoms with Crippen molar-refractivity contribution in [2.75, 3.05) is 0 Å². The average molecular weight is 257 g/mol. The molecule has 0 spiro atoms. The van der Waals surface area contributed by atoms with Gasteiger partial charge >= 0.3 is 12.0 Å². The smallest absolute Gasteiger partial charge is 0.326 e. The minimum Gasteiger partial charge on any atom is -0.480 e. The molecule has 1 rings (SSSR count). The molecular weight excluding hydrogens is 238 g/mol. The number of urea groups is 1. The van der Waals surface area contributed by atoms with Crippen LogP contribution in [0.2, 0.25) is 0 Å². The highest BCUT2D eigenvalue weighted by Gasteiger charge is 2.39. The molecule has 1 fully saturated rings. The Hall–Kier alpha value is -1.79. The molecule has 7 nitrogen and oxygen atoms in total. The molecule has 0 bridgehead atoms. The molecule has 1 saturated carbocycles. The molecule has 0 aromatic rings. The molecule has 0 saturated heterocycles. The number of nitrogens with one attached hydrogen (secondary N) is 2. The molecule has 0 aromatic heterocycles. The minimum absolute atomic E-state index is 0.375. The van der Waals surface area contributed by atoms with Crippen LogP contribution in [0.3, 0.4) is 0 Å². The van der Waals surface area contributed by atoms with Crippen molar-refractivity contribution in [3.8, 4) is 0 Å². The zero-order valence-corrected chi connectivity index (χ0v) is 10.5. The van der Waals surface area contributed by atoms with E-state index in [0.29, 0.717) is 5.92 Å². The Labute approximate surface area is 105 Å². The van der Waals surface area contributed by atoms with E-state index in [1.54, 1.807) is 0 Å². The Morgan fingerprint density at radius 3 is 2.33 bits per heavy atom. The monoisotopic (exact) mass is 257 g/mol. The van der Waals surface area contributed by atoms with Crippen molar-refractivity contribution in [2.45, 2.75) is 44.7 Å². The van der Waals surface area contributed by atoms with Crippen molar-refractivity contribution < 1.29 is 19.5 Å². The van der Waals surface area contributed by atoms with Gasteiger partial charge in [-0.3, -0.25) is 4.79 Å². The lowest BCUT2D eigenvalue weighted by molar-refractivity contribution is -0.140. The molecule has 18 heavy (non-hydrogen) atoms. The number of amides is 3. The van der Waals surface area contributed by atoms with Gasteiger partial charge in [-0.05, 0) is 32.6 Å². The van der Waals surface area contributed by atoms with Crippen LogP contribution in [0.4, 0.5) is 4.79 Å². The summed E-state index contributed by atoms with van der Waals surface area (Å²) in [7, 11) is 0. The van der Waals surface area contributed by atoms with Crippen LogP contribution >= 0.6 is 0 Å². The third-order valence-electron chi connectivity index (χ3n) is 3.04. The molecule has 102 valence electrons. The van der Waals surface area contributed by atoms with Gasteiger partial charge in [0.25, 0.3) is 0 Å². The quantitative estimate of drug-likeness (QED) is 0.526. The number of hydrogen-bond acceptors (Lipinski definition) is 3. The van der Waals surface area contributed by atoms with Crippen molar-refractivity contribution in [1.29, 1.82) is 0 Å². The van der Waals surface area contributed by atoms with E-state index < -0.39 is 30.4 Å². The standard InChI is InChI=1S/C11H19N3O4/c1-11(2,6-3-4-6)14-10(18)13-7(9(16)17)5-8(12)15/h6-7H,3-5H2,1-2H3,(H2,12,15)(H,16,17)(H2,13,14,18). The Bertz CT molecular complexity index is 363. The Morgan fingerprint density at radius 1 is 1.39 bits per heavy atom. The number of carboxylic acid groups (broad SMARTS) is 1. The predicted octanol–water partition coefficient (Wildman–Crippen LogP) is -0.197. The highest BCUT2D eigenvalue weighted by molar-refractivity contribution is 5.87. The summed E-state index contributed by atoms with van der Waals surface area (Å²) in [5.74, 6) is -1.64. The van der Waals surface area contributed by atoms with E-state index in [1.165, 1.54) is 0 Å². The number of rotatable bonds is 6. The average Bonchev–Trinajstić information content (AvgIpc) is 2.97. The minimum atomic E-state index is -1.29. The number of primary amides is 1. The van der Waals surface area contributed by atoms with Crippen molar-refractivity contribution >= 4 is 17.9 Å². The predicted molar refractivity (Wildman–Crippen MR) is 63.7 cm³/mol. The summed E-state index contributed by atoms with van der Waals surface area (Å²) >= 11 is 0. The maximum Gasteiger partial charge on any atom is 0.326 e. The van der Waals surface area contributed by atoms with Gasteiger partial charge in [-0.25, -0.2) is 9.59 Å². The number of aliphatic carboxylic acids is 1. The molecule has 1 aliphatic carbocycles. The molecular formula is C11H19N3O4. The van der Waals surface area contributed by atoms with Crippen LogP contribution in [0, 0.1) is 5.92 Å². The lowest BCUT2D eigenvalue weighted by Gasteiger charge is -2.27. The summed E-state index contributed by atoms with van der Waals surface area (Å²) in [4.78, 5) is 33.2. The van der Waals surface area contributed by atoms with Crippen LogP contribution in [0.5, 0.6) is 0 Å². The van der Waals surface area contributed by atoms with Crippen LogP contribution in [0.1, 0.15) is 33.1 Å². The zero-order chi connectivity index (χ0) is 13.9. The van der Waals surface area contributed by atoms with E-state index in [1.807, 2.05) is 13.8 Å². The van der Waals surface area contributed by atoms with Crippen LogP contribution in [-0.4, -0.2) is 34.6 Å². The molecule has 5 N–H and O–H groups in total. The summed E-state index contributed by atoms with van der Waals surface area (Å²) in [6, 6.07) is -1.89. The molecule has 1 unspecified atom stereocenters. The van der Waals surface area contributed by atoms with Gasteiger partial charge in [0, 0.05) is 5.54 Å². The molecule has 1 aliphatic rings. The molecule has 0 aliphatic heterocycles. The first-order chi connectivity index (χ1) is 8.22. The van der Waals surface area contributed by atoms with Crippen molar-refractivity contribution in [2.24, 2.45) is 11.7 Å². The molecule has 0 aromatic carbocycles. The summed E-state index contributed by atoms with van der Waals surface area (Å²) in [6.45, 7) is 3.77. The van der Waals surface area contributed by atoms with E-state index in [0.717, 1.165) is 12.8 Å². The van der Waals surface area contributed by atoms with E-state index in [9.17, 15) is 14.4 Å². The van der Waals surface area contributed by atoms with E-state index in [-0.39, 0.29) is 5.54 Å². The first kappa shape index (κ1) is 14.3. The van der Waals surface area contributed by atoms with Gasteiger partial charge in [-0.1, -0.05) is 0 Å². The van der Waals surface area contributed by atoms with E-state index in [2.05, 4.69) is 10.6 Å². The first-order valence-corrected chi connectivity index (χ1v) is 5.82. The SMILES string of the molecule is CC(C)(NC(=O)NC(CC(N)=O)C(=O)O)C1CC1. The van der Waals surface area contributed by atoms with Gasteiger partial charge in [-0.2, -0.15) is 0 Å². The number of hydrogen-bond donors (Lipinski definition) is 4. The molecule has 0 heterocycles. The topological polar surface area (TPSA) is 122 Å². The maximum atomic E-state index is 11.6. The highest BCUT2D eigenvalue weighted by atomic mass is 16.4. The summed E-state index contributed by atoms with van der Waals surface area (Å²) in [5, 5.41) is 13.8. The molecule has 0 radical (unpaired) electrons. The number of carbonyl (C=O) groups is 3. The largest absolute Gasteiger partial charge is 0.480 e. The second-order valence-corrected chi connectivity index (χ2v) is 5.16. The van der Waals surface area contributed by atoms with Crippen LogP contribution in [0.25, 0.3) is 0 Å². The van der Waals surface area contributed by atoms with Crippen molar-refractivity contribution in [3.63, 3.8) is 0 Å². The third kappa shape index (κ3) is 4.23. The van der Waals surface area contributed by atoms with E-state index >= 15 is 0 Å². The Morgan fingerprint density at radius 2 is 1.94 bits per heavy atom. The molecule has 3 amide bonds. The summed E-state index contributed by atoms with van der Waals surface area (Å²) < 4.78 is 0. The van der Waals surface area contributed by atoms with Crippen molar-refractivity contribution in [3.05, 3.63) is 0 Å². The lowest BCUT2D eigenvalue weighted by Crippen LogP contribution is -2.54. The van der Waals surface area contributed by atoms with Gasteiger partial charge in [0.1, 0.15) is 6.04 Å². The Balaban J connectivity index is 2.50. The van der Waals surface area contributed by atoms with Gasteiger partial charge in [-0.15, -0.1) is 0 Å². The van der Waals surface area contributed by atoms with Gasteiger partial charge in [0.2, 0.25) is 5.91 Å². The molecule has 1 atom stereocenters. The van der Waals surface area contributed by atoms with Gasteiger partial charge < -0.3 is 21.5 Å². The zero-order valence-electron chi connectivity index (χ0n) is 10.5. The third-order valence-corrected chi connectivity index (χ3v) is 3.04. The molecule has 7 heteroatoms.